The van der Waals surface area contributed by atoms with E-state index in [-0.39, 0.29) is 24.4 Å². The number of amides is 3. The molecule has 0 aromatic heterocycles. The topological polar surface area (TPSA) is 70.2 Å². The minimum atomic E-state index is -2.46. The number of nitrogens with one attached hydrogen (secondary N) is 3. The molecule has 0 aliphatic heterocycles. The number of hydrogen-bond donors (Lipinski definition) is 3. The lowest BCUT2D eigenvalue weighted by Gasteiger charge is -2.22. The van der Waals surface area contributed by atoms with Crippen LogP contribution in [0.2, 0.25) is 0 Å². The maximum absolute atomic E-state index is 12.3. The van der Waals surface area contributed by atoms with Crippen molar-refractivity contribution in [2.45, 2.75) is 61.6 Å². The molecule has 1 aromatic rings. The summed E-state index contributed by atoms with van der Waals surface area (Å²) in [4.78, 5) is 24.1. The second kappa shape index (κ2) is 11.0. The van der Waals surface area contributed by atoms with Gasteiger partial charge in [0.2, 0.25) is 5.91 Å². The van der Waals surface area contributed by atoms with Crippen LogP contribution in [0.15, 0.2) is 29.2 Å². The normalized spacial score (nSPS) is 14.9. The van der Waals surface area contributed by atoms with E-state index in [4.69, 9.17) is 0 Å². The zero-order chi connectivity index (χ0) is 18.8. The Labute approximate surface area is 156 Å². The lowest BCUT2D eigenvalue weighted by Crippen LogP contribution is -2.43. The highest BCUT2D eigenvalue weighted by Gasteiger charge is 2.15. The molecule has 1 aromatic carbocycles. The average Bonchev–Trinajstić information content (AvgIpc) is 2.61. The number of rotatable bonds is 8. The van der Waals surface area contributed by atoms with Crippen molar-refractivity contribution < 1.29 is 18.4 Å². The maximum atomic E-state index is 12.3. The Morgan fingerprint density at radius 2 is 1.81 bits per heavy atom. The second-order valence-corrected chi connectivity index (χ2v) is 7.35. The highest BCUT2D eigenvalue weighted by molar-refractivity contribution is 7.99. The van der Waals surface area contributed by atoms with Crippen LogP contribution in [0, 0.1) is 0 Å². The summed E-state index contributed by atoms with van der Waals surface area (Å²) in [5.74, 6) is -2.63. The summed E-state index contributed by atoms with van der Waals surface area (Å²) in [5, 5.41) is 8.44. The fraction of sp³-hybridized carbons (Fsp3) is 0.556. The van der Waals surface area contributed by atoms with Gasteiger partial charge in [0.05, 0.1) is 0 Å². The first kappa shape index (κ1) is 20.5. The number of urea groups is 1. The molecule has 0 unspecified atom stereocenters. The molecule has 0 saturated heterocycles. The van der Waals surface area contributed by atoms with Gasteiger partial charge in [-0.15, -0.1) is 0 Å². The summed E-state index contributed by atoms with van der Waals surface area (Å²) in [6.07, 6.45) is 6.43. The second-order valence-electron chi connectivity index (χ2n) is 6.29. The van der Waals surface area contributed by atoms with Crippen molar-refractivity contribution in [3.05, 3.63) is 24.3 Å². The van der Waals surface area contributed by atoms with Crippen LogP contribution in [0.1, 0.15) is 44.9 Å². The third-order valence-electron chi connectivity index (χ3n) is 4.17. The summed E-state index contributed by atoms with van der Waals surface area (Å²) < 4.78 is 24.5. The molecule has 1 aliphatic rings. The van der Waals surface area contributed by atoms with Gasteiger partial charge in [-0.3, -0.25) is 4.79 Å². The third-order valence-corrected chi connectivity index (χ3v) is 4.89. The Morgan fingerprint density at radius 1 is 1.12 bits per heavy atom. The lowest BCUT2D eigenvalue weighted by atomic mass is 9.96. The minimum Gasteiger partial charge on any atom is -0.338 e. The highest BCUT2D eigenvalue weighted by Crippen LogP contribution is 2.26. The van der Waals surface area contributed by atoms with Crippen LogP contribution < -0.4 is 16.0 Å². The summed E-state index contributed by atoms with van der Waals surface area (Å²) in [7, 11) is 0. The zero-order valence-corrected chi connectivity index (χ0v) is 15.4. The SMILES string of the molecule is O=C(CCCNC(=O)NC1CCCCC1)Nc1ccc(SC(F)F)cc1. The molecule has 1 aliphatic carbocycles. The number of anilines is 1. The van der Waals surface area contributed by atoms with Crippen LogP contribution in [-0.2, 0) is 4.79 Å². The monoisotopic (exact) mass is 385 g/mol. The number of carbonyl (C=O) groups is 2. The van der Waals surface area contributed by atoms with E-state index >= 15 is 0 Å². The predicted molar refractivity (Wildman–Crippen MR) is 99.6 cm³/mol. The van der Waals surface area contributed by atoms with Crippen molar-refractivity contribution in [1.82, 2.24) is 10.6 Å². The van der Waals surface area contributed by atoms with Gasteiger partial charge >= 0.3 is 6.03 Å². The molecule has 1 saturated carbocycles. The Kier molecular flexibility index (Phi) is 8.67. The lowest BCUT2D eigenvalue weighted by molar-refractivity contribution is -0.116. The molecule has 8 heteroatoms. The van der Waals surface area contributed by atoms with Gasteiger partial charge in [-0.1, -0.05) is 31.0 Å². The molecule has 144 valence electrons. The standard InChI is InChI=1S/C18H25F2N3O2S/c19-17(20)26-15-10-8-14(9-11-15)22-16(24)7-4-12-21-18(25)23-13-5-2-1-3-6-13/h8-11,13,17H,1-7,12H2,(H,22,24)(H2,21,23,25). The van der Waals surface area contributed by atoms with Gasteiger partial charge in [0.1, 0.15) is 0 Å². The summed E-state index contributed by atoms with van der Waals surface area (Å²) in [6, 6.07) is 6.37. The molecule has 0 heterocycles. The molecular formula is C18H25F2N3O2S. The molecular weight excluding hydrogens is 360 g/mol. The van der Waals surface area contributed by atoms with Crippen molar-refractivity contribution in [3.63, 3.8) is 0 Å². The highest BCUT2D eigenvalue weighted by atomic mass is 32.2. The Hall–Kier alpha value is -1.83. The smallest absolute Gasteiger partial charge is 0.315 e. The molecule has 26 heavy (non-hydrogen) atoms. The minimum absolute atomic E-state index is 0.172. The number of benzene rings is 1. The number of halogens is 2. The van der Waals surface area contributed by atoms with E-state index in [1.807, 2.05) is 0 Å². The Morgan fingerprint density at radius 3 is 2.46 bits per heavy atom. The quantitative estimate of drug-likeness (QED) is 0.460. The zero-order valence-electron chi connectivity index (χ0n) is 14.6. The average molecular weight is 385 g/mol. The van der Waals surface area contributed by atoms with Gasteiger partial charge in [-0.2, -0.15) is 8.78 Å². The predicted octanol–water partition coefficient (Wildman–Crippen LogP) is 4.35. The van der Waals surface area contributed by atoms with Crippen molar-refractivity contribution >= 4 is 29.4 Å². The van der Waals surface area contributed by atoms with Crippen molar-refractivity contribution in [3.8, 4) is 0 Å². The van der Waals surface area contributed by atoms with Gasteiger partial charge in [0, 0.05) is 29.6 Å². The summed E-state index contributed by atoms with van der Waals surface area (Å²) in [5.41, 5.74) is 0.566. The Bertz CT molecular complexity index is 578. The van der Waals surface area contributed by atoms with Gasteiger partial charge in [-0.25, -0.2) is 4.79 Å². The van der Waals surface area contributed by atoms with Crippen LogP contribution in [0.5, 0.6) is 0 Å². The largest absolute Gasteiger partial charge is 0.338 e. The van der Waals surface area contributed by atoms with Crippen LogP contribution in [0.25, 0.3) is 0 Å². The molecule has 0 atom stereocenters. The molecule has 3 N–H and O–H groups in total. The van der Waals surface area contributed by atoms with E-state index in [2.05, 4.69) is 16.0 Å². The van der Waals surface area contributed by atoms with Crippen molar-refractivity contribution in [1.29, 1.82) is 0 Å². The van der Waals surface area contributed by atoms with E-state index in [9.17, 15) is 18.4 Å². The first-order chi connectivity index (χ1) is 12.5. The first-order valence-electron chi connectivity index (χ1n) is 8.92. The van der Waals surface area contributed by atoms with Crippen LogP contribution in [0.3, 0.4) is 0 Å². The number of hydrogen-bond acceptors (Lipinski definition) is 3. The van der Waals surface area contributed by atoms with Crippen molar-refractivity contribution in [2.75, 3.05) is 11.9 Å². The maximum Gasteiger partial charge on any atom is 0.315 e. The molecule has 2 rings (SSSR count). The third kappa shape index (κ3) is 8.03. The Balaban J connectivity index is 1.58. The van der Waals surface area contributed by atoms with E-state index < -0.39 is 5.76 Å². The van der Waals surface area contributed by atoms with E-state index in [1.54, 1.807) is 24.3 Å². The number of carbonyl (C=O) groups excluding carboxylic acids is 2. The van der Waals surface area contributed by atoms with Crippen LogP contribution in [0.4, 0.5) is 19.3 Å². The van der Waals surface area contributed by atoms with E-state index in [0.717, 1.165) is 25.7 Å². The molecule has 0 bridgehead atoms. The fourth-order valence-electron chi connectivity index (χ4n) is 2.88. The van der Waals surface area contributed by atoms with E-state index in [0.29, 0.717) is 35.3 Å². The number of alkyl halides is 2. The molecule has 1 fully saturated rings. The number of thioether (sulfide) groups is 1. The van der Waals surface area contributed by atoms with Gasteiger partial charge in [-0.05, 0) is 43.5 Å². The van der Waals surface area contributed by atoms with Gasteiger partial charge in [0.25, 0.3) is 5.76 Å². The van der Waals surface area contributed by atoms with E-state index in [1.165, 1.54) is 6.42 Å². The van der Waals surface area contributed by atoms with Gasteiger partial charge < -0.3 is 16.0 Å². The molecule has 5 nitrogen and oxygen atoms in total. The molecule has 0 radical (unpaired) electrons. The fourth-order valence-corrected chi connectivity index (χ4v) is 3.38. The molecule has 0 spiro atoms. The first-order valence-corrected chi connectivity index (χ1v) is 9.80. The van der Waals surface area contributed by atoms with Crippen LogP contribution >= 0.6 is 11.8 Å². The van der Waals surface area contributed by atoms with Crippen molar-refractivity contribution in [2.24, 2.45) is 0 Å². The molecule has 3 amide bonds. The van der Waals surface area contributed by atoms with Gasteiger partial charge in [0.15, 0.2) is 0 Å². The summed E-state index contributed by atoms with van der Waals surface area (Å²) in [6.45, 7) is 0.427. The summed E-state index contributed by atoms with van der Waals surface area (Å²) >= 11 is 0.466. The van der Waals surface area contributed by atoms with Crippen LogP contribution in [-0.4, -0.2) is 30.3 Å².